The Hall–Kier alpha value is -1.54. The summed E-state index contributed by atoms with van der Waals surface area (Å²) in [6.45, 7) is 0.724. The zero-order valence-electron chi connectivity index (χ0n) is 7.99. The second-order valence-corrected chi connectivity index (χ2v) is 4.76. The fraction of sp³-hybridized carbons (Fsp3) is 0.0769. The summed E-state index contributed by atoms with van der Waals surface area (Å²) in [7, 11) is 0. The third-order valence-electron chi connectivity index (χ3n) is 3.00. The molecule has 2 heteroatoms. The molecule has 4 rings (SSSR count). The smallest absolute Gasteiger partial charge is 0.128 e. The minimum atomic E-state index is 0.724. The van der Waals surface area contributed by atoms with E-state index in [-0.39, 0.29) is 0 Å². The van der Waals surface area contributed by atoms with Crippen LogP contribution in [-0.4, -0.2) is 0 Å². The standard InChI is InChI=1S/C13H8OS/c1-2-10-12-9(7-14-11(12)3-1)6-8-4-5-15-13(8)10/h1-6H,7H2. The first-order valence-corrected chi connectivity index (χ1v) is 5.86. The molecule has 0 amide bonds. The molecule has 0 spiro atoms. The summed E-state index contributed by atoms with van der Waals surface area (Å²) in [4.78, 5) is 0. The van der Waals surface area contributed by atoms with Crippen LogP contribution in [0.5, 0.6) is 5.75 Å². The van der Waals surface area contributed by atoms with Crippen molar-refractivity contribution in [3.8, 4) is 5.75 Å². The second-order valence-electron chi connectivity index (χ2n) is 3.84. The van der Waals surface area contributed by atoms with Crippen molar-refractivity contribution >= 4 is 32.2 Å². The third-order valence-corrected chi connectivity index (χ3v) is 3.96. The summed E-state index contributed by atoms with van der Waals surface area (Å²) < 4.78 is 7.04. The van der Waals surface area contributed by atoms with Crippen molar-refractivity contribution in [1.82, 2.24) is 0 Å². The van der Waals surface area contributed by atoms with E-state index in [1.807, 2.05) is 0 Å². The van der Waals surface area contributed by atoms with Crippen molar-refractivity contribution in [3.05, 3.63) is 41.3 Å². The number of hydrogen-bond donors (Lipinski definition) is 0. The molecule has 3 aromatic rings. The molecule has 0 fully saturated rings. The van der Waals surface area contributed by atoms with Crippen molar-refractivity contribution in [2.75, 3.05) is 0 Å². The van der Waals surface area contributed by atoms with Gasteiger partial charge in [0, 0.05) is 21.0 Å². The van der Waals surface area contributed by atoms with E-state index in [0.29, 0.717) is 0 Å². The maximum Gasteiger partial charge on any atom is 0.128 e. The van der Waals surface area contributed by atoms with Crippen molar-refractivity contribution in [2.45, 2.75) is 6.61 Å². The summed E-state index contributed by atoms with van der Waals surface area (Å²) in [5.74, 6) is 1.04. The van der Waals surface area contributed by atoms with Gasteiger partial charge in [-0.25, -0.2) is 0 Å². The van der Waals surface area contributed by atoms with Gasteiger partial charge in [-0.3, -0.25) is 0 Å². The van der Waals surface area contributed by atoms with Crippen LogP contribution in [0.1, 0.15) is 5.56 Å². The number of benzene rings is 2. The molecule has 72 valence electrons. The summed E-state index contributed by atoms with van der Waals surface area (Å²) in [5, 5.41) is 6.15. The van der Waals surface area contributed by atoms with E-state index in [4.69, 9.17) is 4.74 Å². The topological polar surface area (TPSA) is 9.23 Å². The predicted octanol–water partition coefficient (Wildman–Crippen LogP) is 3.95. The van der Waals surface area contributed by atoms with Crippen LogP contribution in [0.3, 0.4) is 0 Å². The molecule has 1 aromatic heterocycles. The number of rotatable bonds is 0. The first kappa shape index (κ1) is 7.71. The lowest BCUT2D eigenvalue weighted by molar-refractivity contribution is 0.327. The van der Waals surface area contributed by atoms with Gasteiger partial charge in [0.2, 0.25) is 0 Å². The molecule has 0 aliphatic carbocycles. The van der Waals surface area contributed by atoms with Gasteiger partial charge in [0.05, 0.1) is 0 Å². The van der Waals surface area contributed by atoms with Crippen molar-refractivity contribution < 1.29 is 4.74 Å². The molecule has 0 saturated heterocycles. The van der Waals surface area contributed by atoms with Crippen LogP contribution >= 0.6 is 11.3 Å². The molecule has 0 saturated carbocycles. The van der Waals surface area contributed by atoms with Gasteiger partial charge in [-0.15, -0.1) is 11.3 Å². The molecule has 0 N–H and O–H groups in total. The third kappa shape index (κ3) is 0.876. The summed E-state index contributed by atoms with van der Waals surface area (Å²) >= 11 is 1.81. The first-order valence-electron chi connectivity index (χ1n) is 4.98. The monoisotopic (exact) mass is 212 g/mol. The Kier molecular flexibility index (Phi) is 1.30. The molecule has 0 bridgehead atoms. The largest absolute Gasteiger partial charge is 0.488 e. The van der Waals surface area contributed by atoms with Crippen LogP contribution in [0.2, 0.25) is 0 Å². The molecule has 15 heavy (non-hydrogen) atoms. The van der Waals surface area contributed by atoms with Crippen LogP contribution in [0, 0.1) is 0 Å². The second kappa shape index (κ2) is 2.52. The van der Waals surface area contributed by atoms with Gasteiger partial charge in [0.15, 0.2) is 0 Å². The predicted molar refractivity (Wildman–Crippen MR) is 63.7 cm³/mol. The van der Waals surface area contributed by atoms with Crippen LogP contribution in [0.25, 0.3) is 20.9 Å². The highest BCUT2D eigenvalue weighted by molar-refractivity contribution is 7.18. The fourth-order valence-electron chi connectivity index (χ4n) is 2.35. The molecular weight excluding hydrogens is 204 g/mol. The normalized spacial score (nSPS) is 13.6. The maximum absolute atomic E-state index is 5.66. The summed E-state index contributed by atoms with van der Waals surface area (Å²) in [5.41, 5.74) is 1.33. The Balaban J connectivity index is 2.39. The molecular formula is C13H8OS. The number of thiophene rings is 1. The Morgan fingerprint density at radius 3 is 3.20 bits per heavy atom. The van der Waals surface area contributed by atoms with E-state index in [0.717, 1.165) is 12.4 Å². The lowest BCUT2D eigenvalue weighted by Gasteiger charge is -2.00. The van der Waals surface area contributed by atoms with Gasteiger partial charge in [-0.1, -0.05) is 12.1 Å². The average Bonchev–Trinajstić information content (AvgIpc) is 2.87. The van der Waals surface area contributed by atoms with Crippen molar-refractivity contribution in [1.29, 1.82) is 0 Å². The van der Waals surface area contributed by atoms with Crippen molar-refractivity contribution in [3.63, 3.8) is 0 Å². The number of fused-ring (bicyclic) bond motifs is 2. The molecule has 2 aromatic carbocycles. The minimum Gasteiger partial charge on any atom is -0.488 e. The van der Waals surface area contributed by atoms with Gasteiger partial charge < -0.3 is 4.74 Å². The highest BCUT2D eigenvalue weighted by atomic mass is 32.1. The molecule has 1 aliphatic rings. The minimum absolute atomic E-state index is 0.724. The van der Waals surface area contributed by atoms with E-state index in [1.165, 1.54) is 26.4 Å². The molecule has 1 aliphatic heterocycles. The SMILES string of the molecule is c1cc2c3c(cc4ccsc4c3c1)CO2. The number of hydrogen-bond acceptors (Lipinski definition) is 2. The quantitative estimate of drug-likeness (QED) is 0.548. The first-order chi connectivity index (χ1) is 7.43. The lowest BCUT2D eigenvalue weighted by atomic mass is 10.0. The Bertz CT molecular complexity index is 681. The highest BCUT2D eigenvalue weighted by Crippen LogP contribution is 2.40. The molecule has 1 nitrogen and oxygen atoms in total. The number of ether oxygens (including phenoxy) is 1. The molecule has 0 atom stereocenters. The molecule has 0 unspecified atom stereocenters. The summed E-state index contributed by atoms with van der Waals surface area (Å²) in [6.07, 6.45) is 0. The van der Waals surface area contributed by atoms with E-state index >= 15 is 0 Å². The zero-order valence-corrected chi connectivity index (χ0v) is 8.80. The van der Waals surface area contributed by atoms with E-state index in [2.05, 4.69) is 35.7 Å². The maximum atomic E-state index is 5.66. The van der Waals surface area contributed by atoms with Gasteiger partial charge >= 0.3 is 0 Å². The van der Waals surface area contributed by atoms with Crippen LogP contribution in [0.15, 0.2) is 35.7 Å². The zero-order chi connectivity index (χ0) is 9.83. The van der Waals surface area contributed by atoms with Gasteiger partial charge in [0.25, 0.3) is 0 Å². The van der Waals surface area contributed by atoms with Crippen LogP contribution < -0.4 is 4.74 Å². The fourth-order valence-corrected chi connectivity index (χ4v) is 3.26. The van der Waals surface area contributed by atoms with E-state index in [1.54, 1.807) is 11.3 Å². The van der Waals surface area contributed by atoms with Gasteiger partial charge in [-0.2, -0.15) is 0 Å². The highest BCUT2D eigenvalue weighted by Gasteiger charge is 2.17. The Labute approximate surface area is 90.9 Å². The van der Waals surface area contributed by atoms with Crippen LogP contribution in [-0.2, 0) is 6.61 Å². The average molecular weight is 212 g/mol. The summed E-state index contributed by atoms with van der Waals surface area (Å²) in [6, 6.07) is 10.8. The van der Waals surface area contributed by atoms with Crippen LogP contribution in [0.4, 0.5) is 0 Å². The molecule has 0 radical (unpaired) electrons. The van der Waals surface area contributed by atoms with Crippen molar-refractivity contribution in [2.24, 2.45) is 0 Å². The lowest BCUT2D eigenvalue weighted by Crippen LogP contribution is -1.83. The molecule has 2 heterocycles. The van der Waals surface area contributed by atoms with E-state index in [9.17, 15) is 0 Å². The van der Waals surface area contributed by atoms with Gasteiger partial charge in [0.1, 0.15) is 12.4 Å². The Morgan fingerprint density at radius 2 is 2.20 bits per heavy atom. The Morgan fingerprint density at radius 1 is 1.20 bits per heavy atom. The van der Waals surface area contributed by atoms with E-state index < -0.39 is 0 Å². The van der Waals surface area contributed by atoms with Gasteiger partial charge in [-0.05, 0) is 29.0 Å².